The highest BCUT2D eigenvalue weighted by Gasteiger charge is 2.16. The van der Waals surface area contributed by atoms with Crippen molar-refractivity contribution < 1.29 is 14.0 Å². The highest BCUT2D eigenvalue weighted by atomic mass is 16.3. The number of nitrogens with one attached hydrogen (secondary N) is 1. The summed E-state index contributed by atoms with van der Waals surface area (Å²) in [7, 11) is 0. The Labute approximate surface area is 141 Å². The molecule has 5 heteroatoms. The van der Waals surface area contributed by atoms with Crippen LogP contribution >= 0.6 is 0 Å². The van der Waals surface area contributed by atoms with Crippen molar-refractivity contribution >= 4 is 11.8 Å². The average Bonchev–Trinajstić information content (AvgIpc) is 3.00. The molecule has 1 N–H and O–H groups in total. The zero-order valence-electron chi connectivity index (χ0n) is 13.8. The first-order chi connectivity index (χ1) is 11.5. The fraction of sp³-hybridized carbons (Fsp3) is 0.263. The van der Waals surface area contributed by atoms with E-state index in [-0.39, 0.29) is 24.9 Å². The van der Waals surface area contributed by atoms with Crippen LogP contribution in [0.1, 0.15) is 27.2 Å². The van der Waals surface area contributed by atoms with Crippen LogP contribution in [0.4, 0.5) is 0 Å². The zero-order chi connectivity index (χ0) is 17.5. The number of amides is 2. The highest BCUT2D eigenvalue weighted by Crippen LogP contribution is 2.09. The average molecular weight is 324 g/mol. The Hall–Kier alpha value is -3.00. The summed E-state index contributed by atoms with van der Waals surface area (Å²) in [6.45, 7) is 4.18. The molecular formula is C19H20N2O3. The van der Waals surface area contributed by atoms with Crippen LogP contribution in [-0.2, 0) is 11.3 Å². The SMILES string of the molecule is C#CCN(Cc1ccc(C)cc1)C(=O)CNC(=O)c1ccoc1C. The quantitative estimate of drug-likeness (QED) is 0.829. The molecule has 0 aliphatic carbocycles. The van der Waals surface area contributed by atoms with Gasteiger partial charge in [0.15, 0.2) is 0 Å². The first kappa shape index (κ1) is 17.4. The van der Waals surface area contributed by atoms with E-state index in [0.717, 1.165) is 11.1 Å². The Kier molecular flexibility index (Phi) is 5.80. The van der Waals surface area contributed by atoms with Crippen LogP contribution in [0.2, 0.25) is 0 Å². The Morgan fingerprint density at radius 3 is 2.50 bits per heavy atom. The first-order valence-electron chi connectivity index (χ1n) is 7.60. The first-order valence-corrected chi connectivity index (χ1v) is 7.60. The lowest BCUT2D eigenvalue weighted by molar-refractivity contribution is -0.130. The van der Waals surface area contributed by atoms with E-state index in [1.807, 2.05) is 31.2 Å². The van der Waals surface area contributed by atoms with E-state index >= 15 is 0 Å². The van der Waals surface area contributed by atoms with Gasteiger partial charge in [0.05, 0.1) is 24.9 Å². The van der Waals surface area contributed by atoms with Crippen LogP contribution in [0.25, 0.3) is 0 Å². The van der Waals surface area contributed by atoms with Crippen LogP contribution in [0.15, 0.2) is 41.0 Å². The number of rotatable bonds is 6. The molecule has 24 heavy (non-hydrogen) atoms. The molecule has 124 valence electrons. The van der Waals surface area contributed by atoms with E-state index in [4.69, 9.17) is 10.8 Å². The molecule has 1 aromatic heterocycles. The number of furan rings is 1. The van der Waals surface area contributed by atoms with Crippen LogP contribution in [0.5, 0.6) is 0 Å². The van der Waals surface area contributed by atoms with E-state index in [2.05, 4.69) is 11.2 Å². The van der Waals surface area contributed by atoms with Crippen molar-refractivity contribution in [3.8, 4) is 12.3 Å². The molecule has 0 saturated heterocycles. The maximum Gasteiger partial charge on any atom is 0.255 e. The second-order valence-corrected chi connectivity index (χ2v) is 5.51. The van der Waals surface area contributed by atoms with Gasteiger partial charge >= 0.3 is 0 Å². The third kappa shape index (κ3) is 4.50. The third-order valence-corrected chi connectivity index (χ3v) is 3.63. The smallest absolute Gasteiger partial charge is 0.255 e. The largest absolute Gasteiger partial charge is 0.469 e. The predicted octanol–water partition coefficient (Wildman–Crippen LogP) is 2.29. The summed E-state index contributed by atoms with van der Waals surface area (Å²) in [6.07, 6.45) is 6.79. The predicted molar refractivity (Wildman–Crippen MR) is 91.2 cm³/mol. The summed E-state index contributed by atoms with van der Waals surface area (Å²) in [5, 5.41) is 2.60. The van der Waals surface area contributed by atoms with Crippen LogP contribution in [-0.4, -0.2) is 29.8 Å². The lowest BCUT2D eigenvalue weighted by atomic mass is 10.1. The summed E-state index contributed by atoms with van der Waals surface area (Å²) >= 11 is 0. The molecule has 2 rings (SSSR count). The maximum absolute atomic E-state index is 12.4. The molecule has 0 aliphatic rings. The van der Waals surface area contributed by atoms with Gasteiger partial charge in [-0.25, -0.2) is 0 Å². The van der Waals surface area contributed by atoms with Gasteiger partial charge in [-0.15, -0.1) is 6.42 Å². The lowest BCUT2D eigenvalue weighted by Crippen LogP contribution is -2.40. The van der Waals surface area contributed by atoms with Crippen LogP contribution in [0, 0.1) is 26.2 Å². The standard InChI is InChI=1S/C19H20N2O3/c1-4-10-21(13-16-7-5-14(2)6-8-16)18(22)12-20-19(23)17-9-11-24-15(17)3/h1,5-9,11H,10,12-13H2,2-3H3,(H,20,23). The molecule has 0 unspecified atom stereocenters. The molecule has 0 atom stereocenters. The van der Waals surface area contributed by atoms with E-state index in [1.165, 1.54) is 11.2 Å². The second kappa shape index (κ2) is 8.02. The highest BCUT2D eigenvalue weighted by molar-refractivity contribution is 5.97. The molecule has 0 aliphatic heterocycles. The van der Waals surface area contributed by atoms with E-state index < -0.39 is 0 Å². The molecule has 0 fully saturated rings. The summed E-state index contributed by atoms with van der Waals surface area (Å²) in [4.78, 5) is 25.9. The van der Waals surface area contributed by atoms with E-state index in [0.29, 0.717) is 17.9 Å². The van der Waals surface area contributed by atoms with E-state index in [1.54, 1.807) is 13.0 Å². The molecule has 2 aromatic rings. The number of terminal acetylenes is 1. The molecule has 0 radical (unpaired) electrons. The van der Waals surface area contributed by atoms with Gasteiger partial charge in [-0.3, -0.25) is 9.59 Å². The Bertz CT molecular complexity index is 754. The monoisotopic (exact) mass is 324 g/mol. The van der Waals surface area contributed by atoms with Crippen LogP contribution < -0.4 is 5.32 Å². The number of hydrogen-bond donors (Lipinski definition) is 1. The minimum atomic E-state index is -0.342. The summed E-state index contributed by atoms with van der Waals surface area (Å²) < 4.78 is 5.08. The van der Waals surface area contributed by atoms with Gasteiger partial charge in [0.1, 0.15) is 5.76 Å². The van der Waals surface area contributed by atoms with Gasteiger partial charge in [-0.05, 0) is 25.5 Å². The normalized spacial score (nSPS) is 10.0. The minimum absolute atomic E-state index is 0.114. The lowest BCUT2D eigenvalue weighted by Gasteiger charge is -2.20. The topological polar surface area (TPSA) is 62.6 Å². The molecule has 0 saturated carbocycles. The number of carbonyl (C=O) groups excluding carboxylic acids is 2. The number of nitrogens with zero attached hydrogens (tertiary/aromatic N) is 1. The third-order valence-electron chi connectivity index (χ3n) is 3.63. The minimum Gasteiger partial charge on any atom is -0.469 e. The van der Waals surface area contributed by atoms with E-state index in [9.17, 15) is 9.59 Å². The molecule has 0 bridgehead atoms. The van der Waals surface area contributed by atoms with Crippen molar-refractivity contribution in [2.75, 3.05) is 13.1 Å². The maximum atomic E-state index is 12.4. The molecule has 1 aromatic carbocycles. The van der Waals surface area contributed by atoms with Gasteiger partial charge in [0.25, 0.3) is 5.91 Å². The van der Waals surface area contributed by atoms with Gasteiger partial charge < -0.3 is 14.6 Å². The Morgan fingerprint density at radius 2 is 1.92 bits per heavy atom. The number of benzene rings is 1. The fourth-order valence-corrected chi connectivity index (χ4v) is 2.24. The molecule has 0 spiro atoms. The number of hydrogen-bond acceptors (Lipinski definition) is 3. The van der Waals surface area contributed by atoms with Crippen molar-refractivity contribution in [2.24, 2.45) is 0 Å². The van der Waals surface area contributed by atoms with Crippen molar-refractivity contribution in [2.45, 2.75) is 20.4 Å². The van der Waals surface area contributed by atoms with Crippen molar-refractivity contribution in [3.05, 3.63) is 59.0 Å². The van der Waals surface area contributed by atoms with Gasteiger partial charge in [-0.2, -0.15) is 0 Å². The fourth-order valence-electron chi connectivity index (χ4n) is 2.24. The number of carbonyl (C=O) groups is 2. The van der Waals surface area contributed by atoms with Crippen molar-refractivity contribution in [1.82, 2.24) is 10.2 Å². The van der Waals surface area contributed by atoms with Crippen molar-refractivity contribution in [3.63, 3.8) is 0 Å². The Balaban J connectivity index is 1.96. The van der Waals surface area contributed by atoms with Crippen molar-refractivity contribution in [1.29, 1.82) is 0 Å². The van der Waals surface area contributed by atoms with Gasteiger partial charge in [-0.1, -0.05) is 35.7 Å². The molecular weight excluding hydrogens is 304 g/mol. The van der Waals surface area contributed by atoms with Gasteiger partial charge in [0.2, 0.25) is 5.91 Å². The Morgan fingerprint density at radius 1 is 1.21 bits per heavy atom. The molecule has 1 heterocycles. The molecule has 5 nitrogen and oxygen atoms in total. The second-order valence-electron chi connectivity index (χ2n) is 5.51. The summed E-state index contributed by atoms with van der Waals surface area (Å²) in [5.74, 6) is 2.42. The summed E-state index contributed by atoms with van der Waals surface area (Å²) in [6, 6.07) is 9.45. The number of aryl methyl sites for hydroxylation is 2. The molecule has 2 amide bonds. The van der Waals surface area contributed by atoms with Gasteiger partial charge in [0, 0.05) is 6.54 Å². The summed E-state index contributed by atoms with van der Waals surface area (Å²) in [5.41, 5.74) is 2.56. The van der Waals surface area contributed by atoms with Crippen LogP contribution in [0.3, 0.4) is 0 Å². The zero-order valence-corrected chi connectivity index (χ0v) is 13.8.